The molecular formula is C19H20ClNO5. The first-order valence-corrected chi connectivity index (χ1v) is 8.38. The first kappa shape index (κ1) is 19.8. The van der Waals surface area contributed by atoms with Crippen molar-refractivity contribution in [2.45, 2.75) is 18.6 Å². The molecule has 2 aromatic carbocycles. The Labute approximate surface area is 156 Å². The lowest BCUT2D eigenvalue weighted by Gasteiger charge is -2.22. The fraction of sp³-hybridized carbons (Fsp3) is 0.263. The summed E-state index contributed by atoms with van der Waals surface area (Å²) < 4.78 is 10.7. The largest absolute Gasteiger partial charge is 0.480 e. The molecule has 138 valence electrons. The van der Waals surface area contributed by atoms with Gasteiger partial charge < -0.3 is 19.9 Å². The molecule has 2 rings (SSSR count). The van der Waals surface area contributed by atoms with E-state index in [4.69, 9.17) is 21.1 Å². The molecule has 7 heteroatoms. The SMILES string of the molecule is COCCC(NC(=O)C(Oc1ccc(Cl)cc1)c1ccccc1)C(=O)O. The van der Waals surface area contributed by atoms with Crippen LogP contribution in [0.1, 0.15) is 18.1 Å². The van der Waals surface area contributed by atoms with Crippen LogP contribution in [0.5, 0.6) is 5.75 Å². The van der Waals surface area contributed by atoms with E-state index in [-0.39, 0.29) is 13.0 Å². The van der Waals surface area contributed by atoms with Gasteiger partial charge in [-0.15, -0.1) is 0 Å². The molecule has 0 heterocycles. The molecule has 6 nitrogen and oxygen atoms in total. The van der Waals surface area contributed by atoms with Crippen molar-refractivity contribution in [1.29, 1.82) is 0 Å². The number of carbonyl (C=O) groups is 2. The second-order valence-corrected chi connectivity index (χ2v) is 5.98. The highest BCUT2D eigenvalue weighted by Gasteiger charge is 2.27. The fourth-order valence-corrected chi connectivity index (χ4v) is 2.42. The minimum absolute atomic E-state index is 0.153. The van der Waals surface area contributed by atoms with Crippen molar-refractivity contribution >= 4 is 23.5 Å². The number of carboxylic acid groups (broad SMARTS) is 1. The van der Waals surface area contributed by atoms with Crippen LogP contribution in [0.25, 0.3) is 0 Å². The van der Waals surface area contributed by atoms with Crippen molar-refractivity contribution < 1.29 is 24.2 Å². The molecule has 2 N–H and O–H groups in total. The van der Waals surface area contributed by atoms with Crippen molar-refractivity contribution in [1.82, 2.24) is 5.32 Å². The number of methoxy groups -OCH3 is 1. The number of carbonyl (C=O) groups excluding carboxylic acids is 1. The molecule has 0 saturated heterocycles. The number of amides is 1. The fourth-order valence-electron chi connectivity index (χ4n) is 2.29. The Hall–Kier alpha value is -2.57. The molecule has 0 aliphatic rings. The van der Waals surface area contributed by atoms with Gasteiger partial charge in [0.05, 0.1) is 0 Å². The molecule has 2 unspecified atom stereocenters. The van der Waals surface area contributed by atoms with Crippen LogP contribution in [0, 0.1) is 0 Å². The monoisotopic (exact) mass is 377 g/mol. The number of aliphatic carboxylic acids is 1. The second kappa shape index (κ2) is 9.79. The lowest BCUT2D eigenvalue weighted by molar-refractivity contribution is -0.143. The molecule has 0 aliphatic heterocycles. The summed E-state index contributed by atoms with van der Waals surface area (Å²) >= 11 is 5.87. The summed E-state index contributed by atoms with van der Waals surface area (Å²) in [4.78, 5) is 24.1. The normalized spacial score (nSPS) is 12.8. The number of halogens is 1. The van der Waals surface area contributed by atoms with Gasteiger partial charge in [0.15, 0.2) is 0 Å². The van der Waals surface area contributed by atoms with Gasteiger partial charge in [0.25, 0.3) is 5.91 Å². The van der Waals surface area contributed by atoms with E-state index in [0.29, 0.717) is 16.3 Å². The van der Waals surface area contributed by atoms with Gasteiger partial charge in [-0.3, -0.25) is 4.79 Å². The minimum atomic E-state index is -1.13. The highest BCUT2D eigenvalue weighted by molar-refractivity contribution is 6.30. The number of hydrogen-bond donors (Lipinski definition) is 2. The van der Waals surface area contributed by atoms with E-state index < -0.39 is 24.0 Å². The zero-order valence-corrected chi connectivity index (χ0v) is 15.0. The first-order chi connectivity index (χ1) is 12.5. The van der Waals surface area contributed by atoms with Crippen LogP contribution in [-0.4, -0.2) is 36.7 Å². The Morgan fingerprint density at radius 2 is 1.77 bits per heavy atom. The highest BCUT2D eigenvalue weighted by Crippen LogP contribution is 2.24. The number of ether oxygens (including phenoxy) is 2. The standard InChI is InChI=1S/C19H20ClNO5/c1-25-12-11-16(19(23)24)21-18(22)17(13-5-3-2-4-6-13)26-15-9-7-14(20)8-10-15/h2-10,16-17H,11-12H2,1H3,(H,21,22)(H,23,24). The highest BCUT2D eigenvalue weighted by atomic mass is 35.5. The maximum Gasteiger partial charge on any atom is 0.326 e. The van der Waals surface area contributed by atoms with Crippen molar-refractivity contribution in [3.8, 4) is 5.75 Å². The molecule has 0 aromatic heterocycles. The molecule has 0 saturated carbocycles. The molecule has 26 heavy (non-hydrogen) atoms. The average molecular weight is 378 g/mol. The summed E-state index contributed by atoms with van der Waals surface area (Å²) in [6.45, 7) is 0.214. The predicted octanol–water partition coefficient (Wildman–Crippen LogP) is 3.07. The minimum Gasteiger partial charge on any atom is -0.480 e. The number of rotatable bonds is 9. The van der Waals surface area contributed by atoms with E-state index in [1.807, 2.05) is 6.07 Å². The third-order valence-electron chi connectivity index (χ3n) is 3.63. The van der Waals surface area contributed by atoms with Crippen LogP contribution in [0.2, 0.25) is 5.02 Å². The van der Waals surface area contributed by atoms with Gasteiger partial charge in [-0.1, -0.05) is 41.9 Å². The van der Waals surface area contributed by atoms with Crippen molar-refractivity contribution in [3.05, 3.63) is 65.2 Å². The molecule has 0 fully saturated rings. The third kappa shape index (κ3) is 5.75. The molecule has 2 atom stereocenters. The van der Waals surface area contributed by atoms with Gasteiger partial charge in [0.1, 0.15) is 11.8 Å². The van der Waals surface area contributed by atoms with Crippen LogP contribution in [0.3, 0.4) is 0 Å². The van der Waals surface area contributed by atoms with Crippen molar-refractivity contribution in [2.75, 3.05) is 13.7 Å². The van der Waals surface area contributed by atoms with E-state index in [1.54, 1.807) is 48.5 Å². The van der Waals surface area contributed by atoms with E-state index in [2.05, 4.69) is 5.32 Å². The van der Waals surface area contributed by atoms with Gasteiger partial charge in [0, 0.05) is 30.7 Å². The predicted molar refractivity (Wildman–Crippen MR) is 97.3 cm³/mol. The van der Waals surface area contributed by atoms with Crippen LogP contribution < -0.4 is 10.1 Å². The van der Waals surface area contributed by atoms with E-state index >= 15 is 0 Å². The smallest absolute Gasteiger partial charge is 0.326 e. The van der Waals surface area contributed by atoms with Crippen LogP contribution in [-0.2, 0) is 14.3 Å². The van der Waals surface area contributed by atoms with Gasteiger partial charge >= 0.3 is 5.97 Å². The Bertz CT molecular complexity index is 720. The van der Waals surface area contributed by atoms with E-state index in [9.17, 15) is 14.7 Å². The van der Waals surface area contributed by atoms with Crippen LogP contribution in [0.4, 0.5) is 0 Å². The molecule has 0 aliphatic carbocycles. The van der Waals surface area contributed by atoms with Crippen molar-refractivity contribution in [2.24, 2.45) is 0 Å². The summed E-state index contributed by atoms with van der Waals surface area (Å²) in [5.41, 5.74) is 0.607. The van der Waals surface area contributed by atoms with Crippen LogP contribution in [0.15, 0.2) is 54.6 Å². The maximum absolute atomic E-state index is 12.7. The number of hydrogen-bond acceptors (Lipinski definition) is 4. The maximum atomic E-state index is 12.7. The average Bonchev–Trinajstić information content (AvgIpc) is 2.65. The number of carboxylic acids is 1. The number of benzene rings is 2. The lowest BCUT2D eigenvalue weighted by atomic mass is 10.1. The summed E-state index contributed by atoms with van der Waals surface area (Å²) in [5, 5.41) is 12.4. The Morgan fingerprint density at radius 1 is 1.12 bits per heavy atom. The van der Waals surface area contributed by atoms with Gasteiger partial charge in [-0.2, -0.15) is 0 Å². The number of nitrogens with one attached hydrogen (secondary N) is 1. The summed E-state index contributed by atoms with van der Waals surface area (Å²) in [6, 6.07) is 14.4. The zero-order valence-electron chi connectivity index (χ0n) is 14.2. The molecule has 0 spiro atoms. The third-order valence-corrected chi connectivity index (χ3v) is 3.89. The second-order valence-electron chi connectivity index (χ2n) is 5.54. The molecule has 1 amide bonds. The van der Waals surface area contributed by atoms with E-state index in [0.717, 1.165) is 0 Å². The van der Waals surface area contributed by atoms with Gasteiger partial charge in [0.2, 0.25) is 6.10 Å². The quantitative estimate of drug-likeness (QED) is 0.701. The lowest BCUT2D eigenvalue weighted by Crippen LogP contribution is -2.44. The van der Waals surface area contributed by atoms with Gasteiger partial charge in [-0.05, 0) is 24.3 Å². The van der Waals surface area contributed by atoms with Gasteiger partial charge in [-0.25, -0.2) is 4.79 Å². The molecular weight excluding hydrogens is 358 g/mol. The van der Waals surface area contributed by atoms with Crippen molar-refractivity contribution in [3.63, 3.8) is 0 Å². The first-order valence-electron chi connectivity index (χ1n) is 8.00. The Morgan fingerprint density at radius 3 is 2.35 bits per heavy atom. The Balaban J connectivity index is 2.20. The van der Waals surface area contributed by atoms with E-state index in [1.165, 1.54) is 7.11 Å². The van der Waals surface area contributed by atoms with Crippen LogP contribution >= 0.6 is 11.6 Å². The zero-order chi connectivity index (χ0) is 18.9. The Kier molecular flexibility index (Phi) is 7.44. The summed E-state index contributed by atoms with van der Waals surface area (Å²) in [6.07, 6.45) is -0.846. The molecule has 2 aromatic rings. The molecule has 0 radical (unpaired) electrons. The molecule has 0 bridgehead atoms. The summed E-state index contributed by atoms with van der Waals surface area (Å²) in [7, 11) is 1.47. The topological polar surface area (TPSA) is 84.9 Å². The summed E-state index contributed by atoms with van der Waals surface area (Å²) in [5.74, 6) is -1.23.